The van der Waals surface area contributed by atoms with Gasteiger partial charge in [-0.15, -0.1) is 0 Å². The third-order valence-electron chi connectivity index (χ3n) is 7.17. The van der Waals surface area contributed by atoms with Crippen LogP contribution in [0, 0.1) is 11.8 Å². The summed E-state index contributed by atoms with van der Waals surface area (Å²) in [4.78, 5) is 18.8. The number of benzene rings is 2. The van der Waals surface area contributed by atoms with Crippen molar-refractivity contribution >= 4 is 40.1 Å². The van der Waals surface area contributed by atoms with Crippen LogP contribution in [0.4, 0.5) is 0 Å². The van der Waals surface area contributed by atoms with Crippen molar-refractivity contribution in [1.29, 1.82) is 0 Å². The van der Waals surface area contributed by atoms with Crippen molar-refractivity contribution in [2.45, 2.75) is 38.5 Å². The molecule has 2 heterocycles. The van der Waals surface area contributed by atoms with E-state index in [-0.39, 0.29) is 11.8 Å². The molecule has 0 radical (unpaired) electrons. The van der Waals surface area contributed by atoms with Gasteiger partial charge in [-0.05, 0) is 99.0 Å². The zero-order valence-electron chi connectivity index (χ0n) is 20.1. The molecule has 1 aliphatic rings. The molecule has 186 valence electrons. The first-order valence-corrected chi connectivity index (χ1v) is 13.0. The Kier molecular flexibility index (Phi) is 8.88. The van der Waals surface area contributed by atoms with E-state index in [0.717, 1.165) is 73.8 Å². The molecule has 1 N–H and O–H groups in total. The van der Waals surface area contributed by atoms with Gasteiger partial charge in [-0.1, -0.05) is 35.3 Å². The van der Waals surface area contributed by atoms with E-state index in [0.29, 0.717) is 16.6 Å². The van der Waals surface area contributed by atoms with E-state index in [1.54, 1.807) is 13.2 Å². The third-order valence-corrected chi connectivity index (χ3v) is 8.03. The molecule has 3 aromatic rings. The first kappa shape index (κ1) is 25.7. The van der Waals surface area contributed by atoms with Crippen LogP contribution in [0.25, 0.3) is 10.9 Å². The van der Waals surface area contributed by atoms with Gasteiger partial charge in [-0.2, -0.15) is 0 Å². The van der Waals surface area contributed by atoms with Gasteiger partial charge in [0.25, 0.3) is 0 Å². The van der Waals surface area contributed by atoms with Crippen molar-refractivity contribution in [3.63, 3.8) is 0 Å². The van der Waals surface area contributed by atoms with Gasteiger partial charge in [0.15, 0.2) is 0 Å². The van der Waals surface area contributed by atoms with Gasteiger partial charge in [0, 0.05) is 18.1 Å². The number of nitrogens with zero attached hydrogens (tertiary/aromatic N) is 2. The van der Waals surface area contributed by atoms with Gasteiger partial charge in [-0.25, -0.2) is 0 Å². The van der Waals surface area contributed by atoms with Crippen LogP contribution in [0.2, 0.25) is 10.0 Å². The molecule has 0 unspecified atom stereocenters. The number of pyridine rings is 1. The first-order chi connectivity index (χ1) is 17.0. The number of likely N-dealkylation sites (tertiary alicyclic amines) is 1. The Labute approximate surface area is 217 Å². The third kappa shape index (κ3) is 6.46. The molecule has 1 saturated heterocycles. The minimum Gasteiger partial charge on any atom is -0.497 e. The smallest absolute Gasteiger partial charge is 0.308 e. The van der Waals surface area contributed by atoms with Crippen molar-refractivity contribution in [1.82, 2.24) is 9.88 Å². The summed E-state index contributed by atoms with van der Waals surface area (Å²) in [5, 5.41) is 12.2. The van der Waals surface area contributed by atoms with Gasteiger partial charge in [-0.3, -0.25) is 9.78 Å². The van der Waals surface area contributed by atoms with E-state index < -0.39 is 5.97 Å². The largest absolute Gasteiger partial charge is 0.497 e. The van der Waals surface area contributed by atoms with Gasteiger partial charge < -0.3 is 14.7 Å². The number of ether oxygens (including phenoxy) is 1. The van der Waals surface area contributed by atoms with Gasteiger partial charge in [0.05, 0.1) is 28.6 Å². The Hall–Kier alpha value is -2.34. The maximum absolute atomic E-state index is 12.1. The average Bonchev–Trinajstić information content (AvgIpc) is 2.87. The Bertz CT molecular complexity index is 1170. The highest BCUT2D eigenvalue weighted by Gasteiger charge is 2.33. The highest BCUT2D eigenvalue weighted by molar-refractivity contribution is 6.42. The van der Waals surface area contributed by atoms with Crippen LogP contribution < -0.4 is 4.74 Å². The highest BCUT2D eigenvalue weighted by Crippen LogP contribution is 2.31. The van der Waals surface area contributed by atoms with Crippen LogP contribution in [0.5, 0.6) is 5.75 Å². The van der Waals surface area contributed by atoms with E-state index in [2.05, 4.69) is 16.0 Å². The molecule has 2 aromatic carbocycles. The lowest BCUT2D eigenvalue weighted by molar-refractivity contribution is -0.146. The standard InChI is InChI=1S/C28H32Cl2N2O3/c1-35-22-10-11-26-23(17-22)19(12-14-31-26)5-2-6-20-13-16-32(18-24(20)28(33)34)15-4-8-21-7-3-9-25(29)27(21)30/h3,7,9-12,14,17,20,24H,2,4-6,8,13,15-16,18H2,1H3,(H,33,34)/t20-,24+/m1/s1. The van der Waals surface area contributed by atoms with Crippen molar-refractivity contribution in [3.8, 4) is 5.75 Å². The summed E-state index contributed by atoms with van der Waals surface area (Å²) in [5.41, 5.74) is 3.24. The van der Waals surface area contributed by atoms with Crippen LogP contribution in [-0.2, 0) is 17.6 Å². The average molecular weight is 515 g/mol. The Morgan fingerprint density at radius 3 is 2.77 bits per heavy atom. The molecule has 0 saturated carbocycles. The molecule has 1 fully saturated rings. The second-order valence-electron chi connectivity index (χ2n) is 9.36. The van der Waals surface area contributed by atoms with Gasteiger partial charge >= 0.3 is 5.97 Å². The number of fused-ring (bicyclic) bond motifs is 1. The minimum absolute atomic E-state index is 0.203. The lowest BCUT2D eigenvalue weighted by atomic mass is 9.81. The number of rotatable bonds is 10. The molecule has 0 bridgehead atoms. The first-order valence-electron chi connectivity index (χ1n) is 12.3. The zero-order valence-corrected chi connectivity index (χ0v) is 21.6. The van der Waals surface area contributed by atoms with Gasteiger partial charge in [0.1, 0.15) is 5.75 Å². The number of halogens is 2. The molecule has 7 heteroatoms. The fraction of sp³-hybridized carbons (Fsp3) is 0.429. The summed E-state index contributed by atoms with van der Waals surface area (Å²) >= 11 is 12.4. The summed E-state index contributed by atoms with van der Waals surface area (Å²) < 4.78 is 5.38. The van der Waals surface area contributed by atoms with Crippen LogP contribution in [0.3, 0.4) is 0 Å². The van der Waals surface area contributed by atoms with Crippen LogP contribution in [0.15, 0.2) is 48.7 Å². The second kappa shape index (κ2) is 12.1. The predicted octanol–water partition coefficient (Wildman–Crippen LogP) is 6.53. The van der Waals surface area contributed by atoms with Crippen LogP contribution in [0.1, 0.15) is 36.8 Å². The number of methoxy groups -OCH3 is 1. The number of hydrogen-bond acceptors (Lipinski definition) is 4. The molecular weight excluding hydrogens is 483 g/mol. The second-order valence-corrected chi connectivity index (χ2v) is 10.1. The Balaban J connectivity index is 1.30. The number of carbonyl (C=O) groups is 1. The summed E-state index contributed by atoms with van der Waals surface area (Å²) in [5.74, 6) is 0.0147. The van der Waals surface area contributed by atoms with E-state index in [4.69, 9.17) is 27.9 Å². The Morgan fingerprint density at radius 2 is 1.97 bits per heavy atom. The number of hydrogen-bond donors (Lipinski definition) is 1. The highest BCUT2D eigenvalue weighted by atomic mass is 35.5. The fourth-order valence-corrected chi connectivity index (χ4v) is 5.63. The fourth-order valence-electron chi connectivity index (χ4n) is 5.21. The lowest BCUT2D eigenvalue weighted by Gasteiger charge is -2.36. The van der Waals surface area contributed by atoms with E-state index in [1.165, 1.54) is 5.56 Å². The quantitative estimate of drug-likeness (QED) is 0.333. The summed E-state index contributed by atoms with van der Waals surface area (Å²) in [6.45, 7) is 2.41. The van der Waals surface area contributed by atoms with Crippen LogP contribution >= 0.6 is 23.2 Å². The number of piperidine rings is 1. The molecule has 1 aromatic heterocycles. The molecule has 5 nitrogen and oxygen atoms in total. The van der Waals surface area contributed by atoms with Crippen molar-refractivity contribution in [2.75, 3.05) is 26.7 Å². The number of carboxylic acid groups (broad SMARTS) is 1. The van der Waals surface area contributed by atoms with Crippen molar-refractivity contribution in [2.24, 2.45) is 11.8 Å². The number of aromatic nitrogens is 1. The predicted molar refractivity (Wildman–Crippen MR) is 142 cm³/mol. The molecule has 1 aliphatic heterocycles. The van der Waals surface area contributed by atoms with Crippen molar-refractivity contribution in [3.05, 3.63) is 69.8 Å². The number of aryl methyl sites for hydroxylation is 2. The Morgan fingerprint density at radius 1 is 1.14 bits per heavy atom. The van der Waals surface area contributed by atoms with Crippen LogP contribution in [-0.4, -0.2) is 47.7 Å². The normalized spacial score (nSPS) is 18.6. The SMILES string of the molecule is COc1ccc2nccc(CCC[C@@H]3CCN(CCCc4cccc(Cl)c4Cl)C[C@@H]3C(=O)O)c2c1. The molecule has 0 aliphatic carbocycles. The van der Waals surface area contributed by atoms with E-state index >= 15 is 0 Å². The topological polar surface area (TPSA) is 62.7 Å². The zero-order chi connectivity index (χ0) is 24.8. The molecule has 0 spiro atoms. The molecule has 35 heavy (non-hydrogen) atoms. The summed E-state index contributed by atoms with van der Waals surface area (Å²) in [7, 11) is 1.67. The maximum Gasteiger partial charge on any atom is 0.308 e. The minimum atomic E-state index is -0.684. The maximum atomic E-state index is 12.1. The lowest BCUT2D eigenvalue weighted by Crippen LogP contribution is -2.44. The van der Waals surface area contributed by atoms with E-state index in [9.17, 15) is 9.90 Å². The molecule has 0 amide bonds. The number of carboxylic acids is 1. The number of aliphatic carboxylic acids is 1. The monoisotopic (exact) mass is 514 g/mol. The van der Waals surface area contributed by atoms with E-state index in [1.807, 2.05) is 36.5 Å². The molecule has 4 rings (SSSR count). The molecule has 2 atom stereocenters. The molecular formula is C28H32Cl2N2O3. The van der Waals surface area contributed by atoms with Gasteiger partial charge in [0.2, 0.25) is 0 Å². The summed E-state index contributed by atoms with van der Waals surface area (Å²) in [6.07, 6.45) is 7.30. The summed E-state index contributed by atoms with van der Waals surface area (Å²) in [6, 6.07) is 13.7. The van der Waals surface area contributed by atoms with Crippen molar-refractivity contribution < 1.29 is 14.6 Å².